The van der Waals surface area contributed by atoms with Crippen molar-refractivity contribution < 1.29 is 9.53 Å². The van der Waals surface area contributed by atoms with Gasteiger partial charge in [0.2, 0.25) is 0 Å². The zero-order valence-electron chi connectivity index (χ0n) is 13.5. The van der Waals surface area contributed by atoms with Crippen molar-refractivity contribution in [2.75, 3.05) is 12.3 Å². The van der Waals surface area contributed by atoms with Gasteiger partial charge in [-0.3, -0.25) is 0 Å². The molecule has 1 amide bonds. The molecular weight excluding hydrogens is 272 g/mol. The van der Waals surface area contributed by atoms with Crippen LogP contribution < -0.4 is 10.6 Å². The summed E-state index contributed by atoms with van der Waals surface area (Å²) in [6.45, 7) is 10.7. The summed E-state index contributed by atoms with van der Waals surface area (Å²) < 4.78 is 5.26. The maximum Gasteiger partial charge on any atom is 0.407 e. The Labute approximate surface area is 127 Å². The highest BCUT2D eigenvalue weighted by Gasteiger charge is 2.24. The van der Waals surface area contributed by atoms with E-state index >= 15 is 0 Å². The lowest BCUT2D eigenvalue weighted by Crippen LogP contribution is -2.49. The van der Waals surface area contributed by atoms with E-state index in [-0.39, 0.29) is 6.09 Å². The van der Waals surface area contributed by atoms with E-state index in [1.54, 1.807) is 0 Å². The average Bonchev–Trinajstić information content (AvgIpc) is 2.34. The number of amides is 1. The number of thioether (sulfide) groups is 1. The van der Waals surface area contributed by atoms with E-state index in [9.17, 15) is 4.79 Å². The number of hydrogen-bond donors (Lipinski definition) is 2. The topological polar surface area (TPSA) is 50.4 Å². The fourth-order valence-corrected chi connectivity index (χ4v) is 3.44. The van der Waals surface area contributed by atoms with Gasteiger partial charge in [0.25, 0.3) is 0 Å². The molecule has 0 aliphatic carbocycles. The Hall–Kier alpha value is -0.420. The predicted molar refractivity (Wildman–Crippen MR) is 86.4 cm³/mol. The standard InChI is InChI=1S/C15H30N2O2S/c1-6-12(10-16-14(18)19-15(3,4)5)17-13-8-7-9-20-11(13)2/h11-13,17H,6-10H2,1-5H3,(H,16,18). The fraction of sp³-hybridized carbons (Fsp3) is 0.933. The number of hydrogen-bond acceptors (Lipinski definition) is 4. The van der Waals surface area contributed by atoms with E-state index in [0.29, 0.717) is 23.9 Å². The highest BCUT2D eigenvalue weighted by Crippen LogP contribution is 2.25. The Balaban J connectivity index is 2.33. The molecule has 0 aromatic rings. The van der Waals surface area contributed by atoms with Crippen molar-refractivity contribution in [3.05, 3.63) is 0 Å². The van der Waals surface area contributed by atoms with Gasteiger partial charge in [-0.15, -0.1) is 0 Å². The third kappa shape index (κ3) is 6.84. The van der Waals surface area contributed by atoms with Gasteiger partial charge in [0, 0.05) is 23.9 Å². The minimum atomic E-state index is -0.437. The van der Waals surface area contributed by atoms with Crippen LogP contribution in [0.4, 0.5) is 4.79 Å². The van der Waals surface area contributed by atoms with Crippen molar-refractivity contribution >= 4 is 17.9 Å². The summed E-state index contributed by atoms with van der Waals surface area (Å²) in [5.74, 6) is 1.27. The fourth-order valence-electron chi connectivity index (χ4n) is 2.29. The first-order valence-electron chi connectivity index (χ1n) is 7.66. The van der Waals surface area contributed by atoms with Crippen LogP contribution in [0.15, 0.2) is 0 Å². The van der Waals surface area contributed by atoms with Gasteiger partial charge in [-0.2, -0.15) is 11.8 Å². The molecule has 0 spiro atoms. The van der Waals surface area contributed by atoms with Gasteiger partial charge in [-0.25, -0.2) is 4.79 Å². The molecule has 1 aliphatic rings. The van der Waals surface area contributed by atoms with E-state index < -0.39 is 5.60 Å². The van der Waals surface area contributed by atoms with Crippen molar-refractivity contribution in [2.24, 2.45) is 0 Å². The second-order valence-corrected chi connectivity index (χ2v) is 7.96. The minimum Gasteiger partial charge on any atom is -0.444 e. The van der Waals surface area contributed by atoms with E-state index in [0.717, 1.165) is 6.42 Å². The Morgan fingerprint density at radius 3 is 2.70 bits per heavy atom. The molecule has 1 heterocycles. The molecule has 0 aromatic carbocycles. The largest absolute Gasteiger partial charge is 0.444 e. The van der Waals surface area contributed by atoms with Crippen molar-refractivity contribution in [3.63, 3.8) is 0 Å². The lowest BCUT2D eigenvalue weighted by Gasteiger charge is -2.33. The zero-order chi connectivity index (χ0) is 15.2. The highest BCUT2D eigenvalue weighted by atomic mass is 32.2. The molecule has 1 rings (SSSR count). The second kappa shape index (κ2) is 8.13. The molecule has 1 saturated heterocycles. The molecule has 0 radical (unpaired) electrons. The molecule has 2 N–H and O–H groups in total. The lowest BCUT2D eigenvalue weighted by molar-refractivity contribution is 0.0521. The van der Waals surface area contributed by atoms with Gasteiger partial charge >= 0.3 is 6.09 Å². The van der Waals surface area contributed by atoms with Crippen LogP contribution in [0.2, 0.25) is 0 Å². The summed E-state index contributed by atoms with van der Waals surface area (Å²) >= 11 is 2.04. The molecule has 3 atom stereocenters. The van der Waals surface area contributed by atoms with Crippen molar-refractivity contribution in [3.8, 4) is 0 Å². The van der Waals surface area contributed by atoms with Crippen LogP contribution >= 0.6 is 11.8 Å². The van der Waals surface area contributed by atoms with E-state index in [4.69, 9.17) is 4.74 Å². The van der Waals surface area contributed by atoms with Gasteiger partial charge in [0.15, 0.2) is 0 Å². The van der Waals surface area contributed by atoms with Crippen LogP contribution in [0.3, 0.4) is 0 Å². The monoisotopic (exact) mass is 302 g/mol. The van der Waals surface area contributed by atoms with Crippen LogP contribution in [0, 0.1) is 0 Å². The summed E-state index contributed by atoms with van der Waals surface area (Å²) in [4.78, 5) is 11.7. The van der Waals surface area contributed by atoms with E-state index in [1.165, 1.54) is 18.6 Å². The Morgan fingerprint density at radius 1 is 1.45 bits per heavy atom. The summed E-state index contributed by atoms with van der Waals surface area (Å²) in [5, 5.41) is 7.20. The highest BCUT2D eigenvalue weighted by molar-refractivity contribution is 7.99. The molecule has 5 heteroatoms. The molecular formula is C15H30N2O2S. The summed E-state index contributed by atoms with van der Waals surface area (Å²) in [6, 6.07) is 0.868. The predicted octanol–water partition coefficient (Wildman–Crippen LogP) is 3.16. The minimum absolute atomic E-state index is 0.314. The normalized spacial score (nSPS) is 25.1. The van der Waals surface area contributed by atoms with Gasteiger partial charge < -0.3 is 15.4 Å². The quantitative estimate of drug-likeness (QED) is 0.819. The number of nitrogens with one attached hydrogen (secondary N) is 2. The van der Waals surface area contributed by atoms with Crippen molar-refractivity contribution in [1.29, 1.82) is 0 Å². The smallest absolute Gasteiger partial charge is 0.407 e. The molecule has 1 aliphatic heterocycles. The molecule has 1 fully saturated rings. The van der Waals surface area contributed by atoms with Crippen molar-refractivity contribution in [1.82, 2.24) is 10.6 Å². The molecule has 0 saturated carbocycles. The first-order chi connectivity index (χ1) is 9.31. The molecule has 0 bridgehead atoms. The van der Waals surface area contributed by atoms with Crippen LogP contribution in [0.5, 0.6) is 0 Å². The average molecular weight is 302 g/mol. The number of rotatable bonds is 5. The molecule has 118 valence electrons. The molecule has 4 nitrogen and oxygen atoms in total. The third-order valence-corrected chi connectivity index (χ3v) is 4.82. The second-order valence-electron chi connectivity index (χ2n) is 6.48. The van der Waals surface area contributed by atoms with Crippen LogP contribution in [0.25, 0.3) is 0 Å². The maximum absolute atomic E-state index is 11.7. The van der Waals surface area contributed by atoms with Crippen LogP contribution in [-0.2, 0) is 4.74 Å². The maximum atomic E-state index is 11.7. The summed E-state index contributed by atoms with van der Waals surface area (Å²) in [6.07, 6.45) is 3.19. The van der Waals surface area contributed by atoms with Gasteiger partial charge in [-0.1, -0.05) is 13.8 Å². The summed E-state index contributed by atoms with van der Waals surface area (Å²) in [5.41, 5.74) is -0.437. The Morgan fingerprint density at radius 2 is 2.15 bits per heavy atom. The van der Waals surface area contributed by atoms with Gasteiger partial charge in [-0.05, 0) is 45.8 Å². The number of alkyl carbamates (subject to hydrolysis) is 1. The molecule has 0 aromatic heterocycles. The SMILES string of the molecule is CCC(CNC(=O)OC(C)(C)C)NC1CCCSC1C. The van der Waals surface area contributed by atoms with Gasteiger partial charge in [0.1, 0.15) is 5.60 Å². The number of carbonyl (C=O) groups excluding carboxylic acids is 1. The number of carbonyl (C=O) groups is 1. The lowest BCUT2D eigenvalue weighted by atomic mass is 10.1. The van der Waals surface area contributed by atoms with E-state index in [1.807, 2.05) is 32.5 Å². The molecule has 20 heavy (non-hydrogen) atoms. The van der Waals surface area contributed by atoms with E-state index in [2.05, 4.69) is 24.5 Å². The van der Waals surface area contributed by atoms with Crippen LogP contribution in [-0.4, -0.2) is 41.3 Å². The van der Waals surface area contributed by atoms with Gasteiger partial charge in [0.05, 0.1) is 0 Å². The zero-order valence-corrected chi connectivity index (χ0v) is 14.3. The summed E-state index contributed by atoms with van der Waals surface area (Å²) in [7, 11) is 0. The first kappa shape index (κ1) is 17.6. The number of ether oxygens (including phenoxy) is 1. The van der Waals surface area contributed by atoms with Crippen molar-refractivity contribution in [2.45, 2.75) is 76.8 Å². The Bertz CT molecular complexity index is 305. The van der Waals surface area contributed by atoms with Crippen LogP contribution in [0.1, 0.15) is 53.9 Å². The molecule has 3 unspecified atom stereocenters. The first-order valence-corrected chi connectivity index (χ1v) is 8.71. The Kier molecular flexibility index (Phi) is 7.17. The third-order valence-electron chi connectivity index (χ3n) is 3.44.